The van der Waals surface area contributed by atoms with Crippen molar-refractivity contribution >= 4 is 17.1 Å². The summed E-state index contributed by atoms with van der Waals surface area (Å²) in [6.07, 6.45) is 6.87. The summed E-state index contributed by atoms with van der Waals surface area (Å²) in [6, 6.07) is 24.9. The monoisotopic (exact) mass is 426 g/mol. The normalized spacial score (nSPS) is 11.3. The number of fused-ring (bicyclic) bond motifs is 1. The van der Waals surface area contributed by atoms with Gasteiger partial charge < -0.3 is 14.0 Å². The lowest BCUT2D eigenvalue weighted by Gasteiger charge is -2.12. The van der Waals surface area contributed by atoms with E-state index >= 15 is 0 Å². The summed E-state index contributed by atoms with van der Waals surface area (Å²) in [5.41, 5.74) is 4.64. The van der Waals surface area contributed by atoms with E-state index in [-0.39, 0.29) is 0 Å². The predicted molar refractivity (Wildman–Crippen MR) is 131 cm³/mol. The molecule has 0 atom stereocenters. The quantitative estimate of drug-likeness (QED) is 0.271. The Balaban J connectivity index is 1.39. The van der Waals surface area contributed by atoms with E-state index in [0.717, 1.165) is 54.2 Å². The minimum absolute atomic E-state index is 0.653. The molecular formula is C28H30N2O2. The van der Waals surface area contributed by atoms with Crippen molar-refractivity contribution in [3.05, 3.63) is 95.8 Å². The van der Waals surface area contributed by atoms with E-state index in [0.29, 0.717) is 6.61 Å². The Kier molecular flexibility index (Phi) is 7.23. The van der Waals surface area contributed by atoms with Gasteiger partial charge in [0.05, 0.1) is 24.8 Å². The Labute approximate surface area is 190 Å². The van der Waals surface area contributed by atoms with Crippen molar-refractivity contribution in [2.45, 2.75) is 32.7 Å². The summed E-state index contributed by atoms with van der Waals surface area (Å²) < 4.78 is 13.9. The molecule has 0 N–H and O–H groups in total. The molecule has 1 aromatic heterocycles. The number of para-hydroxylation sites is 2. The van der Waals surface area contributed by atoms with Gasteiger partial charge in [-0.2, -0.15) is 0 Å². The molecule has 0 amide bonds. The summed E-state index contributed by atoms with van der Waals surface area (Å²) in [6.45, 7) is 3.58. The molecule has 4 heteroatoms. The Morgan fingerprint density at radius 2 is 1.72 bits per heavy atom. The minimum atomic E-state index is 0.653. The molecule has 0 aliphatic carbocycles. The molecule has 4 rings (SSSR count). The van der Waals surface area contributed by atoms with Gasteiger partial charge in [0, 0.05) is 13.0 Å². The molecule has 0 aliphatic heterocycles. The number of rotatable bonds is 10. The lowest BCUT2D eigenvalue weighted by molar-refractivity contribution is 0.284. The number of imidazole rings is 1. The smallest absolute Gasteiger partial charge is 0.161 e. The second kappa shape index (κ2) is 10.7. The summed E-state index contributed by atoms with van der Waals surface area (Å²) in [7, 11) is 1.68. The highest BCUT2D eigenvalue weighted by Gasteiger charge is 2.11. The first kappa shape index (κ1) is 21.7. The van der Waals surface area contributed by atoms with Gasteiger partial charge in [0.25, 0.3) is 0 Å². The molecule has 4 aromatic rings. The maximum Gasteiger partial charge on any atom is 0.161 e. The van der Waals surface area contributed by atoms with Gasteiger partial charge in [0.2, 0.25) is 0 Å². The highest BCUT2D eigenvalue weighted by atomic mass is 16.5. The number of methoxy groups -OCH3 is 1. The fourth-order valence-electron chi connectivity index (χ4n) is 3.94. The molecule has 0 bridgehead atoms. The molecular weight excluding hydrogens is 396 g/mol. The third-order valence-electron chi connectivity index (χ3n) is 5.52. The van der Waals surface area contributed by atoms with Crippen LogP contribution in [0.3, 0.4) is 0 Å². The standard InChI is InChI=1S/C28H30N2O2/c1-3-11-22-16-17-26(27(20-22)31-2)32-19-10-9-18-30-25-15-8-7-14-24(25)29-28(30)21-23-12-5-4-6-13-23/h3-8,11-17,20H,9-10,18-19,21H2,1-2H3/b11-3+. The molecule has 0 saturated carbocycles. The van der Waals surface area contributed by atoms with Crippen molar-refractivity contribution in [2.75, 3.05) is 13.7 Å². The van der Waals surface area contributed by atoms with Crippen LogP contribution in [0.15, 0.2) is 78.9 Å². The van der Waals surface area contributed by atoms with Gasteiger partial charge in [-0.05, 0) is 55.2 Å². The topological polar surface area (TPSA) is 36.3 Å². The molecule has 0 radical (unpaired) electrons. The second-order valence-electron chi connectivity index (χ2n) is 7.80. The molecule has 3 aromatic carbocycles. The Morgan fingerprint density at radius 3 is 2.53 bits per heavy atom. The van der Waals surface area contributed by atoms with Crippen molar-refractivity contribution in [3.8, 4) is 11.5 Å². The van der Waals surface area contributed by atoms with Crippen molar-refractivity contribution in [1.29, 1.82) is 0 Å². The minimum Gasteiger partial charge on any atom is -0.493 e. The Morgan fingerprint density at radius 1 is 0.906 bits per heavy atom. The molecule has 0 spiro atoms. The van der Waals surface area contributed by atoms with Crippen LogP contribution < -0.4 is 9.47 Å². The molecule has 1 heterocycles. The largest absolute Gasteiger partial charge is 0.493 e. The Bertz CT molecular complexity index is 1180. The summed E-state index contributed by atoms with van der Waals surface area (Å²) in [4.78, 5) is 4.91. The molecule has 32 heavy (non-hydrogen) atoms. The van der Waals surface area contributed by atoms with Crippen LogP contribution >= 0.6 is 0 Å². The van der Waals surface area contributed by atoms with Crippen LogP contribution in [0.25, 0.3) is 17.1 Å². The second-order valence-corrected chi connectivity index (χ2v) is 7.80. The number of unbranched alkanes of at least 4 members (excludes halogenated alkanes) is 1. The third-order valence-corrected chi connectivity index (χ3v) is 5.52. The van der Waals surface area contributed by atoms with E-state index in [9.17, 15) is 0 Å². The first-order valence-electron chi connectivity index (χ1n) is 11.2. The van der Waals surface area contributed by atoms with Gasteiger partial charge in [-0.3, -0.25) is 0 Å². The van der Waals surface area contributed by atoms with Crippen LogP contribution in [0.4, 0.5) is 0 Å². The van der Waals surface area contributed by atoms with Crippen molar-refractivity contribution in [2.24, 2.45) is 0 Å². The zero-order valence-electron chi connectivity index (χ0n) is 18.8. The van der Waals surface area contributed by atoms with Crippen molar-refractivity contribution in [1.82, 2.24) is 9.55 Å². The zero-order chi connectivity index (χ0) is 22.2. The summed E-state index contributed by atoms with van der Waals surface area (Å²) in [5, 5.41) is 0. The number of aromatic nitrogens is 2. The number of hydrogen-bond donors (Lipinski definition) is 0. The molecule has 0 fully saturated rings. The third kappa shape index (κ3) is 5.20. The zero-order valence-corrected chi connectivity index (χ0v) is 18.8. The van der Waals surface area contributed by atoms with Crippen LogP contribution in [0.1, 0.15) is 36.7 Å². The highest BCUT2D eigenvalue weighted by Crippen LogP contribution is 2.29. The van der Waals surface area contributed by atoms with Gasteiger partial charge >= 0.3 is 0 Å². The van der Waals surface area contributed by atoms with E-state index in [1.165, 1.54) is 11.1 Å². The van der Waals surface area contributed by atoms with E-state index in [2.05, 4.69) is 65.2 Å². The van der Waals surface area contributed by atoms with E-state index < -0.39 is 0 Å². The predicted octanol–water partition coefficient (Wildman–Crippen LogP) is 6.53. The fourth-order valence-corrected chi connectivity index (χ4v) is 3.94. The number of aryl methyl sites for hydroxylation is 1. The van der Waals surface area contributed by atoms with Crippen LogP contribution in [-0.4, -0.2) is 23.3 Å². The highest BCUT2D eigenvalue weighted by molar-refractivity contribution is 5.76. The average Bonchev–Trinajstić information content (AvgIpc) is 3.17. The number of ether oxygens (including phenoxy) is 2. The van der Waals surface area contributed by atoms with E-state index in [4.69, 9.17) is 14.5 Å². The first-order chi connectivity index (χ1) is 15.8. The molecule has 4 nitrogen and oxygen atoms in total. The maximum atomic E-state index is 6.02. The van der Waals surface area contributed by atoms with E-state index in [1.54, 1.807) is 7.11 Å². The van der Waals surface area contributed by atoms with Crippen LogP contribution in [0.5, 0.6) is 11.5 Å². The summed E-state index contributed by atoms with van der Waals surface area (Å²) in [5.74, 6) is 2.67. The lowest BCUT2D eigenvalue weighted by atomic mass is 10.1. The Hall–Kier alpha value is -3.53. The summed E-state index contributed by atoms with van der Waals surface area (Å²) >= 11 is 0. The number of benzene rings is 3. The van der Waals surface area contributed by atoms with Gasteiger partial charge in [-0.25, -0.2) is 4.98 Å². The van der Waals surface area contributed by atoms with Gasteiger partial charge in [-0.15, -0.1) is 0 Å². The van der Waals surface area contributed by atoms with E-state index in [1.807, 2.05) is 31.2 Å². The number of nitrogens with zero attached hydrogens (tertiary/aromatic N) is 2. The van der Waals surface area contributed by atoms with Gasteiger partial charge in [0.1, 0.15) is 5.82 Å². The average molecular weight is 427 g/mol. The van der Waals surface area contributed by atoms with Crippen LogP contribution in [0.2, 0.25) is 0 Å². The lowest BCUT2D eigenvalue weighted by Crippen LogP contribution is -2.07. The van der Waals surface area contributed by atoms with Crippen LogP contribution in [0, 0.1) is 0 Å². The maximum absolute atomic E-state index is 6.02. The molecule has 0 aliphatic rings. The van der Waals surface area contributed by atoms with Crippen molar-refractivity contribution in [3.63, 3.8) is 0 Å². The van der Waals surface area contributed by atoms with Crippen molar-refractivity contribution < 1.29 is 9.47 Å². The molecule has 164 valence electrons. The fraction of sp³-hybridized carbons (Fsp3) is 0.250. The molecule has 0 unspecified atom stereocenters. The number of hydrogen-bond acceptors (Lipinski definition) is 3. The first-order valence-corrected chi connectivity index (χ1v) is 11.2. The van der Waals surface area contributed by atoms with Gasteiger partial charge in [-0.1, -0.05) is 60.7 Å². The number of allylic oxidation sites excluding steroid dienone is 1. The SMILES string of the molecule is C/C=C/c1ccc(OCCCCn2c(Cc3ccccc3)nc3ccccc32)c(OC)c1. The van der Waals surface area contributed by atoms with Crippen LogP contribution in [-0.2, 0) is 13.0 Å². The van der Waals surface area contributed by atoms with Gasteiger partial charge in [0.15, 0.2) is 11.5 Å². The molecule has 0 saturated heterocycles.